The topological polar surface area (TPSA) is 49.6 Å². The van der Waals surface area contributed by atoms with E-state index in [1.807, 2.05) is 11.9 Å². The molecular formula is C12H23N3O. The van der Waals surface area contributed by atoms with Crippen molar-refractivity contribution in [2.75, 3.05) is 33.2 Å². The van der Waals surface area contributed by atoms with Gasteiger partial charge in [-0.25, -0.2) is 0 Å². The van der Waals surface area contributed by atoms with Gasteiger partial charge in [0.25, 0.3) is 0 Å². The number of amides is 1. The summed E-state index contributed by atoms with van der Waals surface area (Å²) in [6, 6.07) is 0.556. The van der Waals surface area contributed by atoms with Gasteiger partial charge in [0, 0.05) is 26.2 Å². The quantitative estimate of drug-likeness (QED) is 0.734. The monoisotopic (exact) mass is 225 g/mol. The molecule has 4 heteroatoms. The van der Waals surface area contributed by atoms with Gasteiger partial charge in [0.2, 0.25) is 5.91 Å². The molecule has 1 heterocycles. The molecule has 2 fully saturated rings. The minimum Gasteiger partial charge on any atom is -0.345 e. The third-order valence-electron chi connectivity index (χ3n) is 4.09. The summed E-state index contributed by atoms with van der Waals surface area (Å²) < 4.78 is 0. The summed E-state index contributed by atoms with van der Waals surface area (Å²) in [4.78, 5) is 16.1. The van der Waals surface area contributed by atoms with Crippen LogP contribution in [0.3, 0.4) is 0 Å². The molecule has 1 amide bonds. The molecular weight excluding hydrogens is 202 g/mol. The molecule has 2 aliphatic rings. The van der Waals surface area contributed by atoms with Gasteiger partial charge in [-0.2, -0.15) is 0 Å². The lowest BCUT2D eigenvalue weighted by molar-refractivity contribution is -0.130. The normalized spacial score (nSPS) is 33.1. The first-order valence-electron chi connectivity index (χ1n) is 6.40. The van der Waals surface area contributed by atoms with Crippen molar-refractivity contribution >= 4 is 5.91 Å². The molecule has 1 saturated heterocycles. The lowest BCUT2D eigenvalue weighted by Crippen LogP contribution is -2.44. The van der Waals surface area contributed by atoms with Gasteiger partial charge in [-0.3, -0.25) is 9.69 Å². The molecule has 2 unspecified atom stereocenters. The average molecular weight is 225 g/mol. The van der Waals surface area contributed by atoms with Gasteiger partial charge < -0.3 is 10.6 Å². The van der Waals surface area contributed by atoms with Crippen LogP contribution in [0, 0.1) is 5.92 Å². The van der Waals surface area contributed by atoms with Crippen LogP contribution in [0.4, 0.5) is 0 Å². The van der Waals surface area contributed by atoms with Gasteiger partial charge in [0.05, 0.1) is 6.54 Å². The fraction of sp³-hybridized carbons (Fsp3) is 0.917. The molecule has 92 valence electrons. The average Bonchev–Trinajstić information content (AvgIpc) is 2.68. The summed E-state index contributed by atoms with van der Waals surface area (Å²) in [7, 11) is 1.90. The highest BCUT2D eigenvalue weighted by molar-refractivity contribution is 5.78. The molecule has 4 nitrogen and oxygen atoms in total. The summed E-state index contributed by atoms with van der Waals surface area (Å²) in [6.45, 7) is 3.31. The Kier molecular flexibility index (Phi) is 3.82. The summed E-state index contributed by atoms with van der Waals surface area (Å²) in [5, 5.41) is 0. The summed E-state index contributed by atoms with van der Waals surface area (Å²) >= 11 is 0. The van der Waals surface area contributed by atoms with E-state index in [1.54, 1.807) is 0 Å². The van der Waals surface area contributed by atoms with Crippen LogP contribution in [-0.2, 0) is 4.79 Å². The first-order valence-corrected chi connectivity index (χ1v) is 6.40. The molecule has 2 N–H and O–H groups in total. The maximum absolute atomic E-state index is 11.8. The number of nitrogens with zero attached hydrogens (tertiary/aromatic N) is 2. The lowest BCUT2D eigenvalue weighted by Gasteiger charge is -2.30. The lowest BCUT2D eigenvalue weighted by atomic mass is 10.0. The van der Waals surface area contributed by atoms with E-state index < -0.39 is 0 Å². The Labute approximate surface area is 97.8 Å². The van der Waals surface area contributed by atoms with Crippen molar-refractivity contribution in [2.24, 2.45) is 11.7 Å². The highest BCUT2D eigenvalue weighted by atomic mass is 16.2. The van der Waals surface area contributed by atoms with Gasteiger partial charge in [-0.15, -0.1) is 0 Å². The molecule has 0 aromatic rings. The molecule has 16 heavy (non-hydrogen) atoms. The van der Waals surface area contributed by atoms with Gasteiger partial charge in [0.15, 0.2) is 0 Å². The predicted molar refractivity (Wildman–Crippen MR) is 64.0 cm³/mol. The van der Waals surface area contributed by atoms with E-state index in [-0.39, 0.29) is 5.91 Å². The number of rotatable bonds is 2. The Bertz CT molecular complexity index is 257. The molecule has 1 aliphatic carbocycles. The largest absolute Gasteiger partial charge is 0.345 e. The van der Waals surface area contributed by atoms with Crippen molar-refractivity contribution in [3.8, 4) is 0 Å². The molecule has 0 aromatic carbocycles. The van der Waals surface area contributed by atoms with Crippen molar-refractivity contribution in [3.05, 3.63) is 0 Å². The van der Waals surface area contributed by atoms with Crippen LogP contribution in [0.2, 0.25) is 0 Å². The minimum atomic E-state index is 0.264. The first-order chi connectivity index (χ1) is 7.72. The van der Waals surface area contributed by atoms with Crippen LogP contribution in [0.25, 0.3) is 0 Å². The van der Waals surface area contributed by atoms with Crippen LogP contribution in [0.1, 0.15) is 25.7 Å². The van der Waals surface area contributed by atoms with Gasteiger partial charge >= 0.3 is 0 Å². The van der Waals surface area contributed by atoms with Crippen LogP contribution in [0.5, 0.6) is 0 Å². The number of carbonyl (C=O) groups is 1. The predicted octanol–water partition coefficient (Wildman–Crippen LogP) is 0.278. The van der Waals surface area contributed by atoms with Crippen molar-refractivity contribution in [2.45, 2.75) is 31.7 Å². The fourth-order valence-corrected chi connectivity index (χ4v) is 3.07. The Morgan fingerprint density at radius 2 is 2.12 bits per heavy atom. The highest BCUT2D eigenvalue weighted by Crippen LogP contribution is 2.29. The number of carbonyl (C=O) groups excluding carboxylic acids is 1. The standard InChI is InChI=1S/C12H23N3O/c1-14-6-3-7-15(9-12(14)16)11-5-2-4-10(11)8-13/h10-11H,2-9,13H2,1H3. The molecule has 0 bridgehead atoms. The van der Waals surface area contributed by atoms with E-state index in [0.29, 0.717) is 18.5 Å². The first kappa shape index (κ1) is 11.9. The van der Waals surface area contributed by atoms with E-state index >= 15 is 0 Å². The Hall–Kier alpha value is -0.610. The minimum absolute atomic E-state index is 0.264. The van der Waals surface area contributed by atoms with E-state index in [9.17, 15) is 4.79 Å². The summed E-state index contributed by atoms with van der Waals surface area (Å²) in [5.41, 5.74) is 5.81. The molecule has 0 spiro atoms. The van der Waals surface area contributed by atoms with E-state index in [1.165, 1.54) is 19.3 Å². The third-order valence-corrected chi connectivity index (χ3v) is 4.09. The second-order valence-corrected chi connectivity index (χ2v) is 5.13. The number of likely N-dealkylation sites (N-methyl/N-ethyl adjacent to an activating group) is 1. The highest BCUT2D eigenvalue weighted by Gasteiger charge is 2.33. The summed E-state index contributed by atoms with van der Waals surface area (Å²) in [6.07, 6.45) is 4.82. The SMILES string of the molecule is CN1CCCN(C2CCCC2CN)CC1=O. The third kappa shape index (κ3) is 2.38. The molecule has 0 radical (unpaired) electrons. The van der Waals surface area contributed by atoms with Gasteiger partial charge in [-0.1, -0.05) is 6.42 Å². The smallest absolute Gasteiger partial charge is 0.236 e. The van der Waals surface area contributed by atoms with Crippen molar-refractivity contribution < 1.29 is 4.79 Å². The van der Waals surface area contributed by atoms with Crippen molar-refractivity contribution in [3.63, 3.8) is 0 Å². The Morgan fingerprint density at radius 1 is 1.31 bits per heavy atom. The fourth-order valence-electron chi connectivity index (χ4n) is 3.07. The zero-order valence-electron chi connectivity index (χ0n) is 10.2. The second-order valence-electron chi connectivity index (χ2n) is 5.13. The van der Waals surface area contributed by atoms with Crippen LogP contribution >= 0.6 is 0 Å². The van der Waals surface area contributed by atoms with Crippen LogP contribution in [0.15, 0.2) is 0 Å². The van der Waals surface area contributed by atoms with Gasteiger partial charge in [0.1, 0.15) is 0 Å². The van der Waals surface area contributed by atoms with E-state index in [0.717, 1.165) is 26.1 Å². The maximum Gasteiger partial charge on any atom is 0.236 e. The maximum atomic E-state index is 11.8. The number of nitrogens with two attached hydrogens (primary N) is 1. The Balaban J connectivity index is 2.00. The van der Waals surface area contributed by atoms with Crippen LogP contribution < -0.4 is 5.73 Å². The van der Waals surface area contributed by atoms with Gasteiger partial charge in [-0.05, 0) is 31.7 Å². The molecule has 2 rings (SSSR count). The zero-order valence-corrected chi connectivity index (χ0v) is 10.2. The second kappa shape index (κ2) is 5.15. The van der Waals surface area contributed by atoms with Crippen molar-refractivity contribution in [1.29, 1.82) is 0 Å². The molecule has 0 aromatic heterocycles. The molecule has 1 saturated carbocycles. The summed E-state index contributed by atoms with van der Waals surface area (Å²) in [5.74, 6) is 0.872. The van der Waals surface area contributed by atoms with E-state index in [2.05, 4.69) is 4.90 Å². The molecule has 2 atom stereocenters. The van der Waals surface area contributed by atoms with E-state index in [4.69, 9.17) is 5.73 Å². The number of hydrogen-bond donors (Lipinski definition) is 1. The number of hydrogen-bond acceptors (Lipinski definition) is 3. The van der Waals surface area contributed by atoms with Crippen molar-refractivity contribution in [1.82, 2.24) is 9.80 Å². The van der Waals surface area contributed by atoms with Crippen LogP contribution in [-0.4, -0.2) is 55.0 Å². The zero-order chi connectivity index (χ0) is 11.5. The Morgan fingerprint density at radius 3 is 2.88 bits per heavy atom. The molecule has 1 aliphatic heterocycles.